The van der Waals surface area contributed by atoms with Crippen molar-refractivity contribution in [3.8, 4) is 22.6 Å². The fourth-order valence-electron chi connectivity index (χ4n) is 3.07. The van der Waals surface area contributed by atoms with Crippen molar-refractivity contribution in [1.29, 1.82) is 0 Å². The maximum absolute atomic E-state index is 12.2. The van der Waals surface area contributed by atoms with E-state index < -0.39 is 34.4 Å². The number of anilines is 1. The molecule has 0 amide bonds. The van der Waals surface area contributed by atoms with Gasteiger partial charge in [-0.05, 0) is 39.2 Å². The highest BCUT2D eigenvalue weighted by Gasteiger charge is 2.28. The summed E-state index contributed by atoms with van der Waals surface area (Å²) in [5.74, 6) is -3.03. The molecule has 31 heavy (non-hydrogen) atoms. The molecule has 10 heteroatoms. The average Bonchev–Trinajstić information content (AvgIpc) is 2.71. The fourth-order valence-corrected chi connectivity index (χ4v) is 3.63. The highest BCUT2D eigenvalue weighted by atomic mass is 79.9. The van der Waals surface area contributed by atoms with Gasteiger partial charge in [0.25, 0.3) is 5.56 Å². The van der Waals surface area contributed by atoms with Crippen LogP contribution in [0, 0.1) is 0 Å². The number of aromatic nitrogens is 1. The maximum atomic E-state index is 12.2. The normalized spacial score (nSPS) is 10.5. The number of rotatable bonds is 7. The monoisotopic (exact) mass is 488 g/mol. The van der Waals surface area contributed by atoms with E-state index in [-0.39, 0.29) is 23.5 Å². The number of methoxy groups -OCH3 is 1. The van der Waals surface area contributed by atoms with Crippen molar-refractivity contribution in [1.82, 2.24) is 4.98 Å². The number of carboxylic acids is 2. The molecule has 0 saturated heterocycles. The zero-order valence-corrected chi connectivity index (χ0v) is 17.7. The van der Waals surface area contributed by atoms with Crippen LogP contribution in [0.5, 0.6) is 11.5 Å². The molecule has 0 radical (unpaired) electrons. The van der Waals surface area contributed by atoms with Crippen molar-refractivity contribution in [3.63, 3.8) is 0 Å². The van der Waals surface area contributed by atoms with Gasteiger partial charge in [0.05, 0.1) is 11.6 Å². The molecule has 0 aliphatic rings. The number of aromatic amines is 1. The Hall–Kier alpha value is -3.79. The SMILES string of the molecule is COc1cc(-c2c(C(=O)O)c(N)[nH]c(=O)c2C(=O)O)cc(Br)c1OCc1ccccc1. The van der Waals surface area contributed by atoms with Crippen LogP contribution in [0.1, 0.15) is 26.3 Å². The Morgan fingerprint density at radius 1 is 1.10 bits per heavy atom. The Labute approximate surface area is 184 Å². The van der Waals surface area contributed by atoms with Crippen molar-refractivity contribution >= 4 is 33.7 Å². The molecule has 0 atom stereocenters. The first-order valence-electron chi connectivity index (χ1n) is 8.81. The highest BCUT2D eigenvalue weighted by molar-refractivity contribution is 9.10. The van der Waals surface area contributed by atoms with Crippen LogP contribution in [0.15, 0.2) is 51.7 Å². The second-order valence-corrected chi connectivity index (χ2v) is 7.22. The first-order chi connectivity index (χ1) is 14.7. The van der Waals surface area contributed by atoms with Gasteiger partial charge in [-0.3, -0.25) is 4.79 Å². The van der Waals surface area contributed by atoms with Crippen LogP contribution in [0.3, 0.4) is 0 Å². The Balaban J connectivity index is 2.19. The van der Waals surface area contributed by atoms with Gasteiger partial charge in [0, 0.05) is 5.56 Å². The van der Waals surface area contributed by atoms with Crippen LogP contribution in [0.4, 0.5) is 5.82 Å². The number of H-pyrrole nitrogens is 1. The Kier molecular flexibility index (Phi) is 6.30. The van der Waals surface area contributed by atoms with Crippen LogP contribution in [0.2, 0.25) is 0 Å². The first-order valence-corrected chi connectivity index (χ1v) is 9.60. The molecule has 3 aromatic rings. The predicted octanol–water partition coefficient (Wildman–Crippen LogP) is 3.37. The quantitative estimate of drug-likeness (QED) is 0.394. The minimum absolute atomic E-state index is 0.100. The number of halogens is 1. The zero-order chi connectivity index (χ0) is 22.7. The summed E-state index contributed by atoms with van der Waals surface area (Å²) >= 11 is 3.35. The summed E-state index contributed by atoms with van der Waals surface area (Å²) in [4.78, 5) is 37.9. The van der Waals surface area contributed by atoms with Gasteiger partial charge in [-0.1, -0.05) is 30.3 Å². The van der Waals surface area contributed by atoms with E-state index in [1.807, 2.05) is 30.3 Å². The van der Waals surface area contributed by atoms with E-state index in [4.69, 9.17) is 15.2 Å². The Bertz CT molecular complexity index is 1220. The lowest BCUT2D eigenvalue weighted by Gasteiger charge is -2.17. The van der Waals surface area contributed by atoms with E-state index in [1.54, 1.807) is 0 Å². The molecule has 1 aromatic heterocycles. The second-order valence-electron chi connectivity index (χ2n) is 6.37. The number of hydrogen-bond acceptors (Lipinski definition) is 6. The van der Waals surface area contributed by atoms with Crippen LogP contribution in [0.25, 0.3) is 11.1 Å². The predicted molar refractivity (Wildman–Crippen MR) is 116 cm³/mol. The Morgan fingerprint density at radius 2 is 1.74 bits per heavy atom. The number of carboxylic acid groups (broad SMARTS) is 2. The summed E-state index contributed by atoms with van der Waals surface area (Å²) in [6.07, 6.45) is 0. The third-order valence-corrected chi connectivity index (χ3v) is 5.01. The van der Waals surface area contributed by atoms with Crippen molar-refractivity contribution in [3.05, 3.63) is 74.0 Å². The summed E-state index contributed by atoms with van der Waals surface area (Å²) in [6, 6.07) is 12.2. The lowest BCUT2D eigenvalue weighted by atomic mass is 9.95. The van der Waals surface area contributed by atoms with Gasteiger partial charge in [-0.15, -0.1) is 0 Å². The summed E-state index contributed by atoms with van der Waals surface area (Å²) in [6.45, 7) is 0.230. The average molecular weight is 489 g/mol. The number of nitrogens with one attached hydrogen (secondary N) is 1. The molecule has 9 nitrogen and oxygen atoms in total. The standard InChI is InChI=1S/C21H17BrN2O7/c1-30-13-8-11(7-12(22)17(13)31-9-10-5-3-2-4-6-10)14-15(20(26)27)18(23)24-19(25)16(14)21(28)29/h2-8H,9H2,1H3,(H,26,27)(H,28,29)(H3,23,24,25). The van der Waals surface area contributed by atoms with E-state index >= 15 is 0 Å². The van der Waals surface area contributed by atoms with Gasteiger partial charge in [0.1, 0.15) is 23.6 Å². The number of nitrogen functional groups attached to an aromatic ring is 1. The van der Waals surface area contributed by atoms with Gasteiger partial charge < -0.3 is 30.4 Å². The molecular weight excluding hydrogens is 472 g/mol. The number of nitrogens with two attached hydrogens (primary N) is 1. The minimum Gasteiger partial charge on any atom is -0.493 e. The number of benzene rings is 2. The molecule has 3 rings (SSSR count). The van der Waals surface area contributed by atoms with Gasteiger partial charge in [0.15, 0.2) is 11.5 Å². The largest absolute Gasteiger partial charge is 0.493 e. The van der Waals surface area contributed by atoms with Gasteiger partial charge in [0.2, 0.25) is 0 Å². The lowest BCUT2D eigenvalue weighted by Crippen LogP contribution is -2.24. The number of aromatic carboxylic acids is 2. The Morgan fingerprint density at radius 3 is 2.32 bits per heavy atom. The molecule has 0 bridgehead atoms. The summed E-state index contributed by atoms with van der Waals surface area (Å²) in [7, 11) is 1.38. The topological polar surface area (TPSA) is 152 Å². The van der Waals surface area contributed by atoms with Crippen LogP contribution in [-0.2, 0) is 6.61 Å². The maximum Gasteiger partial charge on any atom is 0.342 e. The molecule has 0 aliphatic carbocycles. The summed E-state index contributed by atoms with van der Waals surface area (Å²) < 4.78 is 11.6. The van der Waals surface area contributed by atoms with Crippen LogP contribution in [-0.4, -0.2) is 34.2 Å². The van der Waals surface area contributed by atoms with Crippen molar-refractivity contribution in [2.24, 2.45) is 0 Å². The van der Waals surface area contributed by atoms with E-state index in [9.17, 15) is 24.6 Å². The molecule has 0 unspecified atom stereocenters. The van der Waals surface area contributed by atoms with Crippen LogP contribution < -0.4 is 20.8 Å². The molecule has 5 N–H and O–H groups in total. The van der Waals surface area contributed by atoms with Crippen molar-refractivity contribution in [2.75, 3.05) is 12.8 Å². The van der Waals surface area contributed by atoms with Crippen molar-refractivity contribution in [2.45, 2.75) is 6.61 Å². The van der Waals surface area contributed by atoms with E-state index in [0.29, 0.717) is 10.2 Å². The van der Waals surface area contributed by atoms with E-state index in [2.05, 4.69) is 20.9 Å². The van der Waals surface area contributed by atoms with Crippen LogP contribution >= 0.6 is 15.9 Å². The summed E-state index contributed by atoms with van der Waals surface area (Å²) in [5, 5.41) is 19.1. The minimum atomic E-state index is -1.60. The molecule has 2 aromatic carbocycles. The fraction of sp³-hybridized carbons (Fsp3) is 0.0952. The zero-order valence-electron chi connectivity index (χ0n) is 16.1. The smallest absolute Gasteiger partial charge is 0.342 e. The molecule has 0 spiro atoms. The number of pyridine rings is 1. The van der Waals surface area contributed by atoms with E-state index in [0.717, 1.165) is 5.56 Å². The van der Waals surface area contributed by atoms with E-state index in [1.165, 1.54) is 19.2 Å². The third kappa shape index (κ3) is 4.38. The molecule has 160 valence electrons. The van der Waals surface area contributed by atoms with Crippen molar-refractivity contribution < 1.29 is 29.3 Å². The van der Waals surface area contributed by atoms with Gasteiger partial charge in [-0.25, -0.2) is 9.59 Å². The molecule has 0 aliphatic heterocycles. The summed E-state index contributed by atoms with van der Waals surface area (Å²) in [5.41, 5.74) is 4.04. The number of ether oxygens (including phenoxy) is 2. The molecule has 0 saturated carbocycles. The third-order valence-electron chi connectivity index (χ3n) is 4.42. The molecule has 1 heterocycles. The number of carbonyl (C=O) groups is 2. The van der Waals surface area contributed by atoms with Gasteiger partial charge >= 0.3 is 11.9 Å². The lowest BCUT2D eigenvalue weighted by molar-refractivity contribution is 0.0695. The number of hydrogen-bond donors (Lipinski definition) is 4. The second kappa shape index (κ2) is 8.92. The molecule has 0 fully saturated rings. The van der Waals surface area contributed by atoms with Gasteiger partial charge in [-0.2, -0.15) is 0 Å². The highest BCUT2D eigenvalue weighted by Crippen LogP contribution is 2.42. The first kappa shape index (κ1) is 21.9. The molecular formula is C21H17BrN2O7.